The summed E-state index contributed by atoms with van der Waals surface area (Å²) in [7, 11) is 0. The van der Waals surface area contributed by atoms with Gasteiger partial charge >= 0.3 is 0 Å². The summed E-state index contributed by atoms with van der Waals surface area (Å²) in [6.07, 6.45) is 0. The van der Waals surface area contributed by atoms with Gasteiger partial charge in [-0.2, -0.15) is 0 Å². The molecule has 200 valence electrons. The number of hydrogen-bond donors (Lipinski definition) is 0. The molecule has 0 radical (unpaired) electrons. The minimum absolute atomic E-state index is 0.150. The zero-order valence-corrected chi connectivity index (χ0v) is 23.9. The summed E-state index contributed by atoms with van der Waals surface area (Å²) in [6, 6.07) is 44.4. The van der Waals surface area contributed by atoms with Gasteiger partial charge in [0.15, 0.2) is 0 Å². The SMILES string of the molecule is Cc1ccc(-c2ccc(-n3c4ccccc4c4cc5c(cc43)C(C)(C)c3cc4oc6ccccc6c4cc3-5)cc2)cc1. The summed E-state index contributed by atoms with van der Waals surface area (Å²) in [5.74, 6) is 0. The van der Waals surface area contributed by atoms with Crippen molar-refractivity contribution < 1.29 is 4.42 Å². The van der Waals surface area contributed by atoms with Gasteiger partial charge in [-0.25, -0.2) is 0 Å². The first-order valence-corrected chi connectivity index (χ1v) is 14.7. The van der Waals surface area contributed by atoms with Gasteiger partial charge in [-0.15, -0.1) is 0 Å². The molecule has 0 saturated carbocycles. The minimum Gasteiger partial charge on any atom is -0.456 e. The van der Waals surface area contributed by atoms with Crippen molar-refractivity contribution in [3.05, 3.63) is 138 Å². The fourth-order valence-electron chi connectivity index (χ4n) is 7.24. The molecule has 9 rings (SSSR count). The number of hydrogen-bond acceptors (Lipinski definition) is 1. The molecule has 42 heavy (non-hydrogen) atoms. The highest BCUT2D eigenvalue weighted by atomic mass is 16.3. The molecule has 0 saturated heterocycles. The first kappa shape index (κ1) is 23.6. The van der Waals surface area contributed by atoms with Crippen LogP contribution in [0.3, 0.4) is 0 Å². The quantitative estimate of drug-likeness (QED) is 0.214. The highest BCUT2D eigenvalue weighted by Crippen LogP contribution is 2.52. The first-order chi connectivity index (χ1) is 20.5. The molecule has 0 atom stereocenters. The summed E-state index contributed by atoms with van der Waals surface area (Å²) in [4.78, 5) is 0. The monoisotopic (exact) mass is 539 g/mol. The van der Waals surface area contributed by atoms with Crippen LogP contribution in [-0.4, -0.2) is 4.57 Å². The molecule has 0 bridgehead atoms. The van der Waals surface area contributed by atoms with Crippen LogP contribution in [0.2, 0.25) is 0 Å². The summed E-state index contributed by atoms with van der Waals surface area (Å²) < 4.78 is 8.74. The van der Waals surface area contributed by atoms with Gasteiger partial charge in [0, 0.05) is 32.6 Å². The van der Waals surface area contributed by atoms with Crippen molar-refractivity contribution >= 4 is 43.7 Å². The normalized spacial score (nSPS) is 13.8. The number of benzene rings is 6. The van der Waals surface area contributed by atoms with E-state index in [9.17, 15) is 0 Å². The first-order valence-electron chi connectivity index (χ1n) is 14.7. The Kier molecular flexibility index (Phi) is 4.63. The van der Waals surface area contributed by atoms with Crippen molar-refractivity contribution in [3.63, 3.8) is 0 Å². The Hall–Kier alpha value is -5.08. The molecule has 0 aliphatic heterocycles. The molecule has 2 aromatic heterocycles. The lowest BCUT2D eigenvalue weighted by molar-refractivity contribution is 0.647. The number of rotatable bonds is 2. The van der Waals surface area contributed by atoms with Crippen LogP contribution in [0.1, 0.15) is 30.5 Å². The van der Waals surface area contributed by atoms with Crippen LogP contribution in [0.5, 0.6) is 0 Å². The van der Waals surface area contributed by atoms with E-state index in [0.717, 1.165) is 11.2 Å². The molecular weight excluding hydrogens is 510 g/mol. The molecule has 1 aliphatic carbocycles. The average Bonchev–Trinajstić information content (AvgIpc) is 3.61. The molecule has 2 heterocycles. The summed E-state index contributed by atoms with van der Waals surface area (Å²) in [5, 5.41) is 4.92. The predicted molar refractivity (Wildman–Crippen MR) is 176 cm³/mol. The Bertz CT molecular complexity index is 2360. The fourth-order valence-corrected chi connectivity index (χ4v) is 7.24. The summed E-state index contributed by atoms with van der Waals surface area (Å²) in [5.41, 5.74) is 14.5. The van der Waals surface area contributed by atoms with Gasteiger partial charge in [0.05, 0.1) is 11.0 Å². The van der Waals surface area contributed by atoms with E-state index in [-0.39, 0.29) is 5.41 Å². The zero-order valence-electron chi connectivity index (χ0n) is 23.9. The third-order valence-electron chi connectivity index (χ3n) is 9.48. The average molecular weight is 540 g/mol. The van der Waals surface area contributed by atoms with E-state index in [1.165, 1.54) is 77.2 Å². The lowest BCUT2D eigenvalue weighted by Gasteiger charge is -2.21. The van der Waals surface area contributed by atoms with E-state index in [1.54, 1.807) is 0 Å². The van der Waals surface area contributed by atoms with E-state index in [2.05, 4.69) is 141 Å². The van der Waals surface area contributed by atoms with E-state index < -0.39 is 0 Å². The van der Waals surface area contributed by atoms with Gasteiger partial charge in [0.2, 0.25) is 0 Å². The Morgan fingerprint density at radius 1 is 0.524 bits per heavy atom. The number of para-hydroxylation sites is 2. The third-order valence-corrected chi connectivity index (χ3v) is 9.48. The van der Waals surface area contributed by atoms with Crippen LogP contribution >= 0.6 is 0 Å². The number of furan rings is 1. The predicted octanol–water partition coefficient (Wildman–Crippen LogP) is 11.0. The summed E-state index contributed by atoms with van der Waals surface area (Å²) >= 11 is 0. The van der Waals surface area contributed by atoms with Crippen LogP contribution in [0.4, 0.5) is 0 Å². The molecule has 0 N–H and O–H groups in total. The standard InChI is InChI=1S/C40H29NO/c1-24-12-14-25(15-13-24)26-16-18-27(19-17-26)41-36-10-6-4-8-28(36)32-20-30-31-21-33-29-9-5-7-11-38(29)42-39(33)23-35(31)40(2,3)34(30)22-37(32)41/h4-23H,1-3H3. The molecule has 2 heteroatoms. The number of nitrogens with zero attached hydrogens (tertiary/aromatic N) is 1. The largest absolute Gasteiger partial charge is 0.456 e. The Labute approximate surface area is 244 Å². The van der Waals surface area contributed by atoms with E-state index in [1.807, 2.05) is 6.07 Å². The maximum atomic E-state index is 6.31. The Morgan fingerprint density at radius 2 is 1.14 bits per heavy atom. The Balaban J connectivity index is 1.28. The fraction of sp³-hybridized carbons (Fsp3) is 0.100. The topological polar surface area (TPSA) is 18.1 Å². The van der Waals surface area contributed by atoms with Gasteiger partial charge in [0.25, 0.3) is 0 Å². The van der Waals surface area contributed by atoms with Crippen LogP contribution in [0.25, 0.3) is 71.7 Å². The minimum atomic E-state index is -0.150. The summed E-state index contributed by atoms with van der Waals surface area (Å²) in [6.45, 7) is 6.83. The molecule has 0 amide bonds. The maximum absolute atomic E-state index is 6.31. The number of aromatic nitrogens is 1. The van der Waals surface area contributed by atoms with Gasteiger partial charge in [-0.05, 0) is 88.8 Å². The molecule has 1 aliphatic rings. The van der Waals surface area contributed by atoms with E-state index >= 15 is 0 Å². The Morgan fingerprint density at radius 3 is 1.90 bits per heavy atom. The van der Waals surface area contributed by atoms with Crippen molar-refractivity contribution in [2.24, 2.45) is 0 Å². The van der Waals surface area contributed by atoms with Crippen molar-refractivity contribution in [2.75, 3.05) is 0 Å². The molecule has 0 unspecified atom stereocenters. The van der Waals surface area contributed by atoms with E-state index in [0.29, 0.717) is 0 Å². The molecule has 6 aromatic carbocycles. The molecular formula is C40H29NO. The third kappa shape index (κ3) is 3.15. The highest BCUT2D eigenvalue weighted by molar-refractivity contribution is 6.13. The number of aryl methyl sites for hydroxylation is 1. The molecule has 0 spiro atoms. The van der Waals surface area contributed by atoms with Crippen LogP contribution < -0.4 is 0 Å². The second-order valence-corrected chi connectivity index (χ2v) is 12.3. The van der Waals surface area contributed by atoms with Crippen molar-refractivity contribution in [1.82, 2.24) is 4.57 Å². The van der Waals surface area contributed by atoms with Gasteiger partial charge < -0.3 is 8.98 Å². The van der Waals surface area contributed by atoms with Crippen LogP contribution in [-0.2, 0) is 5.41 Å². The molecule has 0 fully saturated rings. The van der Waals surface area contributed by atoms with Crippen molar-refractivity contribution in [1.29, 1.82) is 0 Å². The van der Waals surface area contributed by atoms with Gasteiger partial charge in [-0.3, -0.25) is 0 Å². The lowest BCUT2D eigenvalue weighted by atomic mass is 9.82. The van der Waals surface area contributed by atoms with Crippen molar-refractivity contribution in [2.45, 2.75) is 26.2 Å². The number of fused-ring (bicyclic) bond motifs is 9. The van der Waals surface area contributed by atoms with Gasteiger partial charge in [-0.1, -0.05) is 92.2 Å². The zero-order chi connectivity index (χ0) is 28.2. The molecule has 8 aromatic rings. The molecule has 2 nitrogen and oxygen atoms in total. The lowest BCUT2D eigenvalue weighted by Crippen LogP contribution is -2.15. The maximum Gasteiger partial charge on any atom is 0.135 e. The smallest absolute Gasteiger partial charge is 0.135 e. The van der Waals surface area contributed by atoms with Gasteiger partial charge in [0.1, 0.15) is 11.2 Å². The van der Waals surface area contributed by atoms with Crippen molar-refractivity contribution in [3.8, 4) is 27.9 Å². The van der Waals surface area contributed by atoms with Crippen LogP contribution in [0, 0.1) is 6.92 Å². The second kappa shape index (κ2) is 8.24. The highest BCUT2D eigenvalue weighted by Gasteiger charge is 2.37. The van der Waals surface area contributed by atoms with E-state index in [4.69, 9.17) is 4.42 Å². The second-order valence-electron chi connectivity index (χ2n) is 12.3. The van der Waals surface area contributed by atoms with Crippen LogP contribution in [0.15, 0.2) is 126 Å².